The van der Waals surface area contributed by atoms with Crippen LogP contribution in [0.25, 0.3) is 0 Å². The van der Waals surface area contributed by atoms with Crippen molar-refractivity contribution in [3.8, 4) is 5.75 Å². The van der Waals surface area contributed by atoms with Gasteiger partial charge in [0.25, 0.3) is 0 Å². The first-order chi connectivity index (χ1) is 9.61. The molecule has 0 aliphatic rings. The van der Waals surface area contributed by atoms with Crippen LogP contribution in [0.4, 0.5) is 0 Å². The van der Waals surface area contributed by atoms with Gasteiger partial charge in [0.15, 0.2) is 0 Å². The Kier molecular flexibility index (Phi) is 7.08. The zero-order valence-corrected chi connectivity index (χ0v) is 11.0. The van der Waals surface area contributed by atoms with Crippen LogP contribution in [-0.4, -0.2) is 49.9 Å². The molecule has 0 radical (unpaired) electrons. The largest absolute Gasteiger partial charge is 0.491 e. The third-order valence-electron chi connectivity index (χ3n) is 2.32. The van der Waals surface area contributed by atoms with E-state index >= 15 is 0 Å². The quantitative estimate of drug-likeness (QED) is 0.515. The van der Waals surface area contributed by atoms with Crippen LogP contribution in [0.2, 0.25) is 0 Å². The first-order valence-electron chi connectivity index (χ1n) is 6.13. The van der Waals surface area contributed by atoms with E-state index in [9.17, 15) is 9.59 Å². The van der Waals surface area contributed by atoms with E-state index in [-0.39, 0.29) is 12.2 Å². The van der Waals surface area contributed by atoms with Gasteiger partial charge in [-0.3, -0.25) is 4.79 Å². The summed E-state index contributed by atoms with van der Waals surface area (Å²) in [6, 6.07) is 6.46. The number of hydrogen-bond acceptors (Lipinski definition) is 5. The van der Waals surface area contributed by atoms with Crippen LogP contribution in [0.15, 0.2) is 24.3 Å². The smallest absolute Gasteiger partial charge is 0.339 e. The summed E-state index contributed by atoms with van der Waals surface area (Å²) >= 11 is 0. The molecule has 0 bridgehead atoms. The summed E-state index contributed by atoms with van der Waals surface area (Å²) < 4.78 is 10.3. The van der Waals surface area contributed by atoms with E-state index in [1.54, 1.807) is 18.2 Å². The van der Waals surface area contributed by atoms with Gasteiger partial charge in [0.2, 0.25) is 5.91 Å². The average Bonchev–Trinajstić information content (AvgIpc) is 2.41. The number of nitrogens with one attached hydrogen (secondary N) is 1. The van der Waals surface area contributed by atoms with Gasteiger partial charge >= 0.3 is 5.97 Å². The molecule has 0 saturated carbocycles. The predicted molar refractivity (Wildman–Crippen MR) is 71.8 cm³/mol. The minimum atomic E-state index is -1.02. The lowest BCUT2D eigenvalue weighted by Crippen LogP contribution is -2.27. The maximum atomic E-state index is 10.9. The van der Waals surface area contributed by atoms with Crippen molar-refractivity contribution < 1.29 is 24.2 Å². The van der Waals surface area contributed by atoms with E-state index in [1.165, 1.54) is 6.07 Å². The second-order valence-corrected chi connectivity index (χ2v) is 3.92. The number of para-hydroxylation sites is 1. The van der Waals surface area contributed by atoms with E-state index in [0.29, 0.717) is 32.1 Å². The van der Waals surface area contributed by atoms with Gasteiger partial charge in [0, 0.05) is 13.1 Å². The molecule has 1 aromatic rings. The molecule has 1 aromatic carbocycles. The Bertz CT molecular complexity index is 450. The molecule has 7 heteroatoms. The second-order valence-electron chi connectivity index (χ2n) is 3.92. The van der Waals surface area contributed by atoms with E-state index in [0.717, 1.165) is 0 Å². The fourth-order valence-electron chi connectivity index (χ4n) is 1.44. The molecule has 1 rings (SSSR count). The Morgan fingerprint density at radius 3 is 2.60 bits per heavy atom. The Morgan fingerprint density at radius 1 is 1.20 bits per heavy atom. The van der Waals surface area contributed by atoms with E-state index in [4.69, 9.17) is 20.3 Å². The molecule has 0 aliphatic heterocycles. The van der Waals surface area contributed by atoms with Crippen molar-refractivity contribution in [2.24, 2.45) is 5.73 Å². The highest BCUT2D eigenvalue weighted by molar-refractivity contribution is 5.90. The van der Waals surface area contributed by atoms with Crippen molar-refractivity contribution in [1.82, 2.24) is 5.32 Å². The van der Waals surface area contributed by atoms with E-state index in [2.05, 4.69) is 5.32 Å². The van der Waals surface area contributed by atoms with Crippen molar-refractivity contribution in [2.45, 2.75) is 0 Å². The van der Waals surface area contributed by atoms with Crippen molar-refractivity contribution in [1.29, 1.82) is 0 Å². The molecule has 0 heterocycles. The van der Waals surface area contributed by atoms with Gasteiger partial charge in [-0.2, -0.15) is 0 Å². The average molecular weight is 282 g/mol. The number of hydrogen-bond donors (Lipinski definition) is 3. The van der Waals surface area contributed by atoms with Gasteiger partial charge < -0.3 is 25.6 Å². The zero-order valence-electron chi connectivity index (χ0n) is 11.0. The Labute approximate surface area is 116 Å². The molecule has 0 fully saturated rings. The number of nitrogens with two attached hydrogens (primary N) is 1. The number of ether oxygens (including phenoxy) is 2. The van der Waals surface area contributed by atoms with E-state index < -0.39 is 11.9 Å². The molecule has 0 aromatic heterocycles. The number of carboxylic acids is 1. The molecule has 4 N–H and O–H groups in total. The molecular weight excluding hydrogens is 264 g/mol. The third-order valence-corrected chi connectivity index (χ3v) is 2.32. The minimum absolute atomic E-state index is 0.0931. The van der Waals surface area contributed by atoms with Crippen molar-refractivity contribution in [3.63, 3.8) is 0 Å². The van der Waals surface area contributed by atoms with Crippen molar-refractivity contribution >= 4 is 11.9 Å². The summed E-state index contributed by atoms with van der Waals surface area (Å²) in [5.74, 6) is -1.18. The lowest BCUT2D eigenvalue weighted by Gasteiger charge is -2.09. The monoisotopic (exact) mass is 282 g/mol. The highest BCUT2D eigenvalue weighted by atomic mass is 16.5. The topological polar surface area (TPSA) is 111 Å². The minimum Gasteiger partial charge on any atom is -0.491 e. The SMILES string of the molecule is NC(=O)COCCNCCOc1ccccc1C(=O)O. The number of rotatable bonds is 10. The molecule has 0 aliphatic carbocycles. The number of carbonyl (C=O) groups is 2. The number of primary amides is 1. The number of carbonyl (C=O) groups excluding carboxylic acids is 1. The summed E-state index contributed by atoms with van der Waals surface area (Å²) in [6.07, 6.45) is 0. The molecule has 0 saturated heterocycles. The van der Waals surface area contributed by atoms with Crippen LogP contribution in [0, 0.1) is 0 Å². The van der Waals surface area contributed by atoms with Gasteiger partial charge in [-0.15, -0.1) is 0 Å². The molecule has 0 unspecified atom stereocenters. The van der Waals surface area contributed by atoms with Crippen LogP contribution in [0.5, 0.6) is 5.75 Å². The van der Waals surface area contributed by atoms with Gasteiger partial charge in [0.1, 0.15) is 24.5 Å². The molecule has 110 valence electrons. The van der Waals surface area contributed by atoms with Crippen LogP contribution in [0.1, 0.15) is 10.4 Å². The van der Waals surface area contributed by atoms with Crippen LogP contribution < -0.4 is 15.8 Å². The number of carboxylic acid groups (broad SMARTS) is 1. The summed E-state index contributed by atoms with van der Waals surface area (Å²) in [4.78, 5) is 21.3. The molecular formula is C13H18N2O5. The lowest BCUT2D eigenvalue weighted by molar-refractivity contribution is -0.122. The van der Waals surface area contributed by atoms with Crippen LogP contribution in [-0.2, 0) is 9.53 Å². The molecule has 20 heavy (non-hydrogen) atoms. The summed E-state index contributed by atoms with van der Waals surface area (Å²) in [7, 11) is 0. The molecule has 0 spiro atoms. The summed E-state index contributed by atoms with van der Waals surface area (Å²) in [5.41, 5.74) is 5.04. The second kappa shape index (κ2) is 8.89. The Hall–Kier alpha value is -2.12. The summed E-state index contributed by atoms with van der Waals surface area (Å²) in [5, 5.41) is 12.0. The first kappa shape index (κ1) is 15.9. The maximum Gasteiger partial charge on any atom is 0.339 e. The van der Waals surface area contributed by atoms with Crippen LogP contribution >= 0.6 is 0 Å². The fraction of sp³-hybridized carbons (Fsp3) is 0.385. The normalized spacial score (nSPS) is 10.2. The first-order valence-corrected chi connectivity index (χ1v) is 6.13. The van der Waals surface area contributed by atoms with Gasteiger partial charge in [-0.25, -0.2) is 4.79 Å². The summed E-state index contributed by atoms with van der Waals surface area (Å²) in [6.45, 7) is 1.70. The van der Waals surface area contributed by atoms with Crippen LogP contribution in [0.3, 0.4) is 0 Å². The van der Waals surface area contributed by atoms with Gasteiger partial charge in [-0.1, -0.05) is 12.1 Å². The number of benzene rings is 1. The van der Waals surface area contributed by atoms with Crippen molar-refractivity contribution in [3.05, 3.63) is 29.8 Å². The van der Waals surface area contributed by atoms with Gasteiger partial charge in [-0.05, 0) is 12.1 Å². The molecule has 0 atom stereocenters. The Morgan fingerprint density at radius 2 is 1.90 bits per heavy atom. The highest BCUT2D eigenvalue weighted by Gasteiger charge is 2.09. The van der Waals surface area contributed by atoms with E-state index in [1.807, 2.05) is 0 Å². The molecule has 1 amide bonds. The highest BCUT2D eigenvalue weighted by Crippen LogP contribution is 2.17. The van der Waals surface area contributed by atoms with Gasteiger partial charge in [0.05, 0.1) is 6.61 Å². The maximum absolute atomic E-state index is 10.9. The molecule has 7 nitrogen and oxygen atoms in total. The third kappa shape index (κ3) is 6.17. The lowest BCUT2D eigenvalue weighted by atomic mass is 10.2. The van der Waals surface area contributed by atoms with Crippen molar-refractivity contribution in [2.75, 3.05) is 32.9 Å². The number of aromatic carboxylic acids is 1. The predicted octanol–water partition coefficient (Wildman–Crippen LogP) is -0.145. The standard InChI is InChI=1S/C13H18N2O5/c14-12(16)9-19-7-5-15-6-8-20-11-4-2-1-3-10(11)13(17)18/h1-4,15H,5-9H2,(H2,14,16)(H,17,18). The fourth-order valence-corrected chi connectivity index (χ4v) is 1.44. The number of amides is 1. The Balaban J connectivity index is 2.15. The zero-order chi connectivity index (χ0) is 14.8.